The van der Waals surface area contributed by atoms with E-state index in [9.17, 15) is 0 Å². The van der Waals surface area contributed by atoms with Crippen LogP contribution in [0.1, 0.15) is 0 Å². The first-order chi connectivity index (χ1) is 7.93. The fourth-order valence-electron chi connectivity index (χ4n) is 1.80. The molecule has 0 bridgehead atoms. The zero-order valence-corrected chi connectivity index (χ0v) is 9.67. The highest BCUT2D eigenvalue weighted by atomic mass is 32.1. The number of nitrogens with zero attached hydrogens (tertiary/aromatic N) is 2. The summed E-state index contributed by atoms with van der Waals surface area (Å²) in [7, 11) is 0. The Hall–Kier alpha value is -1.33. The van der Waals surface area contributed by atoms with Crippen molar-refractivity contribution in [3.63, 3.8) is 0 Å². The van der Waals surface area contributed by atoms with Gasteiger partial charge in [-0.05, 0) is 12.1 Å². The lowest BCUT2D eigenvalue weighted by atomic mass is 10.4. The van der Waals surface area contributed by atoms with Gasteiger partial charge in [-0.25, -0.2) is 4.98 Å². The van der Waals surface area contributed by atoms with Crippen LogP contribution in [0, 0.1) is 0 Å². The summed E-state index contributed by atoms with van der Waals surface area (Å²) in [5.74, 6) is 0.845. The van der Waals surface area contributed by atoms with Crippen LogP contribution in [0.4, 0.5) is 5.13 Å². The number of aromatic nitrogens is 1. The van der Waals surface area contributed by atoms with Gasteiger partial charge in [0.1, 0.15) is 5.69 Å². The molecule has 84 valence electrons. The monoisotopic (exact) mass is 235 g/mol. The van der Waals surface area contributed by atoms with E-state index >= 15 is 0 Å². The molecular formula is C11H13N3OS. The van der Waals surface area contributed by atoms with Gasteiger partial charge >= 0.3 is 0 Å². The third-order valence-corrected chi connectivity index (χ3v) is 3.55. The van der Waals surface area contributed by atoms with Gasteiger partial charge < -0.3 is 14.6 Å². The van der Waals surface area contributed by atoms with Gasteiger partial charge in [-0.1, -0.05) is 0 Å². The first-order valence-electron chi connectivity index (χ1n) is 5.38. The van der Waals surface area contributed by atoms with E-state index in [1.165, 1.54) is 0 Å². The number of anilines is 1. The van der Waals surface area contributed by atoms with Crippen molar-refractivity contribution in [2.24, 2.45) is 0 Å². The Morgan fingerprint density at radius 1 is 1.38 bits per heavy atom. The number of hydrogen-bond acceptors (Lipinski definition) is 5. The molecular weight excluding hydrogens is 222 g/mol. The van der Waals surface area contributed by atoms with Gasteiger partial charge in [0.15, 0.2) is 10.9 Å². The summed E-state index contributed by atoms with van der Waals surface area (Å²) in [4.78, 5) is 6.91. The second kappa shape index (κ2) is 4.27. The molecule has 1 fully saturated rings. The molecule has 3 rings (SSSR count). The molecule has 0 amide bonds. The minimum Gasteiger partial charge on any atom is -0.463 e. The predicted octanol–water partition coefficient (Wildman–Crippen LogP) is 1.81. The van der Waals surface area contributed by atoms with E-state index in [1.54, 1.807) is 17.6 Å². The topological polar surface area (TPSA) is 41.3 Å². The van der Waals surface area contributed by atoms with Gasteiger partial charge in [-0.2, -0.15) is 0 Å². The van der Waals surface area contributed by atoms with E-state index in [0.717, 1.165) is 42.8 Å². The van der Waals surface area contributed by atoms with E-state index in [-0.39, 0.29) is 0 Å². The molecule has 1 aliphatic heterocycles. The molecule has 0 aliphatic carbocycles. The molecule has 16 heavy (non-hydrogen) atoms. The SMILES string of the molecule is c1coc(-c2csc(N3CCNCC3)n2)c1. The van der Waals surface area contributed by atoms with Gasteiger partial charge in [0.05, 0.1) is 6.26 Å². The van der Waals surface area contributed by atoms with Crippen LogP contribution in [-0.4, -0.2) is 31.2 Å². The van der Waals surface area contributed by atoms with Crippen LogP contribution in [0.5, 0.6) is 0 Å². The second-order valence-corrected chi connectivity index (χ2v) is 4.57. The fraction of sp³-hybridized carbons (Fsp3) is 0.364. The largest absolute Gasteiger partial charge is 0.463 e. The lowest BCUT2D eigenvalue weighted by Gasteiger charge is -2.26. The lowest BCUT2D eigenvalue weighted by molar-refractivity contribution is 0.578. The normalized spacial score (nSPS) is 16.6. The third kappa shape index (κ3) is 1.83. The molecule has 0 aromatic carbocycles. The van der Waals surface area contributed by atoms with Gasteiger partial charge in [-0.15, -0.1) is 11.3 Å². The van der Waals surface area contributed by atoms with Crippen LogP contribution < -0.4 is 10.2 Å². The standard InChI is InChI=1S/C11H13N3OS/c1-2-10(15-7-1)9-8-16-11(13-9)14-5-3-12-4-6-14/h1-2,7-8,12H,3-6H2. The van der Waals surface area contributed by atoms with E-state index in [4.69, 9.17) is 4.42 Å². The molecule has 3 heterocycles. The molecule has 0 spiro atoms. The van der Waals surface area contributed by atoms with E-state index in [2.05, 4.69) is 20.6 Å². The molecule has 0 saturated carbocycles. The third-order valence-electron chi connectivity index (χ3n) is 2.65. The van der Waals surface area contributed by atoms with Gasteiger partial charge in [-0.3, -0.25) is 0 Å². The smallest absolute Gasteiger partial charge is 0.186 e. The minimum absolute atomic E-state index is 0.845. The number of nitrogens with one attached hydrogen (secondary N) is 1. The molecule has 1 aliphatic rings. The fourth-order valence-corrected chi connectivity index (χ4v) is 2.67. The van der Waals surface area contributed by atoms with Gasteiger partial charge in [0.2, 0.25) is 0 Å². The van der Waals surface area contributed by atoms with Crippen molar-refractivity contribution in [1.82, 2.24) is 10.3 Å². The van der Waals surface area contributed by atoms with Gasteiger partial charge in [0, 0.05) is 31.6 Å². The van der Waals surface area contributed by atoms with Crippen molar-refractivity contribution in [2.75, 3.05) is 31.1 Å². The van der Waals surface area contributed by atoms with Gasteiger partial charge in [0.25, 0.3) is 0 Å². The van der Waals surface area contributed by atoms with Crippen molar-refractivity contribution in [2.45, 2.75) is 0 Å². The van der Waals surface area contributed by atoms with Crippen LogP contribution >= 0.6 is 11.3 Å². The quantitative estimate of drug-likeness (QED) is 0.862. The molecule has 0 radical (unpaired) electrons. The molecule has 0 unspecified atom stereocenters. The number of piperazine rings is 1. The zero-order chi connectivity index (χ0) is 10.8. The summed E-state index contributed by atoms with van der Waals surface area (Å²) < 4.78 is 5.33. The Kier molecular flexibility index (Phi) is 2.63. The Labute approximate surface area is 97.9 Å². The number of thiazole rings is 1. The highest BCUT2D eigenvalue weighted by Crippen LogP contribution is 2.27. The maximum absolute atomic E-state index is 5.33. The average Bonchev–Trinajstić information content (AvgIpc) is 3.01. The number of rotatable bonds is 2. The van der Waals surface area contributed by atoms with Crippen LogP contribution in [0.3, 0.4) is 0 Å². The Morgan fingerprint density at radius 3 is 3.00 bits per heavy atom. The van der Waals surface area contributed by atoms with E-state index < -0.39 is 0 Å². The number of hydrogen-bond donors (Lipinski definition) is 1. The summed E-state index contributed by atoms with van der Waals surface area (Å²) in [5, 5.41) is 6.48. The summed E-state index contributed by atoms with van der Waals surface area (Å²) in [5.41, 5.74) is 0.934. The van der Waals surface area contributed by atoms with Crippen molar-refractivity contribution >= 4 is 16.5 Å². The summed E-state index contributed by atoms with van der Waals surface area (Å²) in [6, 6.07) is 3.83. The summed E-state index contributed by atoms with van der Waals surface area (Å²) in [6.45, 7) is 4.14. The molecule has 2 aromatic rings. The first kappa shape index (κ1) is 9.86. The van der Waals surface area contributed by atoms with Crippen LogP contribution in [-0.2, 0) is 0 Å². The predicted molar refractivity (Wildman–Crippen MR) is 64.9 cm³/mol. The number of furan rings is 1. The molecule has 1 saturated heterocycles. The minimum atomic E-state index is 0.845. The Balaban J connectivity index is 1.82. The van der Waals surface area contributed by atoms with Crippen LogP contribution in [0.25, 0.3) is 11.5 Å². The first-order valence-corrected chi connectivity index (χ1v) is 6.26. The highest BCUT2D eigenvalue weighted by molar-refractivity contribution is 7.14. The van der Waals surface area contributed by atoms with Crippen LogP contribution in [0.15, 0.2) is 28.2 Å². The van der Waals surface area contributed by atoms with E-state index in [0.29, 0.717) is 0 Å². The highest BCUT2D eigenvalue weighted by Gasteiger charge is 2.15. The van der Waals surface area contributed by atoms with Crippen molar-refractivity contribution < 1.29 is 4.42 Å². The summed E-state index contributed by atoms with van der Waals surface area (Å²) >= 11 is 1.68. The van der Waals surface area contributed by atoms with Crippen molar-refractivity contribution in [1.29, 1.82) is 0 Å². The molecule has 5 heteroatoms. The zero-order valence-electron chi connectivity index (χ0n) is 8.85. The molecule has 4 nitrogen and oxygen atoms in total. The molecule has 1 N–H and O–H groups in total. The second-order valence-electron chi connectivity index (χ2n) is 3.73. The van der Waals surface area contributed by atoms with Crippen molar-refractivity contribution in [3.8, 4) is 11.5 Å². The lowest BCUT2D eigenvalue weighted by Crippen LogP contribution is -2.43. The summed E-state index contributed by atoms with van der Waals surface area (Å²) in [6.07, 6.45) is 1.68. The average molecular weight is 235 g/mol. The Morgan fingerprint density at radius 2 is 2.25 bits per heavy atom. The van der Waals surface area contributed by atoms with Crippen molar-refractivity contribution in [3.05, 3.63) is 23.8 Å². The van der Waals surface area contributed by atoms with Crippen LogP contribution in [0.2, 0.25) is 0 Å². The van der Waals surface area contributed by atoms with E-state index in [1.807, 2.05) is 12.1 Å². The molecule has 0 atom stereocenters. The Bertz CT molecular complexity index is 446. The molecule has 2 aromatic heterocycles. The maximum atomic E-state index is 5.33. The maximum Gasteiger partial charge on any atom is 0.186 e.